The van der Waals surface area contributed by atoms with Gasteiger partial charge in [-0.25, -0.2) is 8.42 Å². The highest BCUT2D eigenvalue weighted by molar-refractivity contribution is 7.88. The summed E-state index contributed by atoms with van der Waals surface area (Å²) in [4.78, 5) is 16.8. The first-order valence-corrected chi connectivity index (χ1v) is 12.3. The maximum Gasteiger partial charge on any atom is 0.239 e. The third-order valence-electron chi connectivity index (χ3n) is 4.86. The average molecular weight is 457 g/mol. The number of carbonyl (C=O) groups excluding carboxylic acids is 1. The van der Waals surface area contributed by atoms with Crippen LogP contribution in [0, 0.1) is 0 Å². The molecular formula is C23H28N4O4S. The van der Waals surface area contributed by atoms with Crippen molar-refractivity contribution in [2.24, 2.45) is 0 Å². The van der Waals surface area contributed by atoms with Gasteiger partial charge in [-0.05, 0) is 29.7 Å². The molecule has 1 heterocycles. The van der Waals surface area contributed by atoms with Gasteiger partial charge in [-0.15, -0.1) is 0 Å². The SMILES string of the molecule is CC(C)c1nc(Cc2ccc(NC(=O)CN(CCc3ccccc3)S(C)(=O)=O)cc2)no1. The van der Waals surface area contributed by atoms with Crippen molar-refractivity contribution in [3.8, 4) is 0 Å². The molecule has 1 amide bonds. The fourth-order valence-corrected chi connectivity index (χ4v) is 3.86. The molecule has 3 rings (SSSR count). The smallest absolute Gasteiger partial charge is 0.239 e. The molecule has 0 bridgehead atoms. The van der Waals surface area contributed by atoms with Crippen LogP contribution >= 0.6 is 0 Å². The molecule has 0 aliphatic rings. The standard InChI is InChI=1S/C23H28N4O4S/c1-17(2)23-25-21(26-31-23)15-19-9-11-20(12-10-19)24-22(28)16-27(32(3,29)30)14-13-18-7-5-4-6-8-18/h4-12,17H,13-16H2,1-3H3,(H,24,28). The van der Waals surface area contributed by atoms with Crippen LogP contribution in [0.3, 0.4) is 0 Å². The second kappa shape index (κ2) is 10.5. The van der Waals surface area contributed by atoms with Crippen LogP contribution in [-0.2, 0) is 27.7 Å². The first-order valence-electron chi connectivity index (χ1n) is 10.4. The van der Waals surface area contributed by atoms with E-state index in [1.165, 1.54) is 4.31 Å². The molecule has 0 atom stereocenters. The normalized spacial score (nSPS) is 11.8. The Balaban J connectivity index is 1.56. The van der Waals surface area contributed by atoms with Crippen molar-refractivity contribution in [3.63, 3.8) is 0 Å². The van der Waals surface area contributed by atoms with Crippen LogP contribution in [0.25, 0.3) is 0 Å². The van der Waals surface area contributed by atoms with E-state index in [0.29, 0.717) is 30.2 Å². The Labute approximate surface area is 188 Å². The molecule has 0 unspecified atom stereocenters. The Morgan fingerprint density at radius 1 is 1.06 bits per heavy atom. The maximum atomic E-state index is 12.5. The Bertz CT molecular complexity index is 1130. The van der Waals surface area contributed by atoms with Crippen LogP contribution in [-0.4, -0.2) is 48.1 Å². The van der Waals surface area contributed by atoms with Gasteiger partial charge < -0.3 is 9.84 Å². The van der Waals surface area contributed by atoms with E-state index in [-0.39, 0.29) is 19.0 Å². The number of aromatic nitrogens is 2. The zero-order valence-corrected chi connectivity index (χ0v) is 19.3. The van der Waals surface area contributed by atoms with Crippen molar-refractivity contribution in [1.29, 1.82) is 0 Å². The number of nitrogens with one attached hydrogen (secondary N) is 1. The lowest BCUT2D eigenvalue weighted by Crippen LogP contribution is -2.38. The lowest BCUT2D eigenvalue weighted by atomic mass is 10.1. The lowest BCUT2D eigenvalue weighted by molar-refractivity contribution is -0.116. The lowest BCUT2D eigenvalue weighted by Gasteiger charge is -2.19. The van der Waals surface area contributed by atoms with Crippen molar-refractivity contribution in [1.82, 2.24) is 14.4 Å². The number of benzene rings is 2. The molecule has 9 heteroatoms. The Morgan fingerprint density at radius 2 is 1.75 bits per heavy atom. The minimum absolute atomic E-state index is 0.174. The molecule has 0 spiro atoms. The minimum Gasteiger partial charge on any atom is -0.339 e. The van der Waals surface area contributed by atoms with Crippen molar-refractivity contribution >= 4 is 21.6 Å². The average Bonchev–Trinajstić information content (AvgIpc) is 3.21. The summed E-state index contributed by atoms with van der Waals surface area (Å²) < 4.78 is 30.7. The highest BCUT2D eigenvalue weighted by Gasteiger charge is 2.20. The van der Waals surface area contributed by atoms with Gasteiger partial charge in [0, 0.05) is 24.6 Å². The van der Waals surface area contributed by atoms with Gasteiger partial charge in [0.25, 0.3) is 0 Å². The van der Waals surface area contributed by atoms with Gasteiger partial charge in [0.05, 0.1) is 12.8 Å². The number of rotatable bonds is 10. The minimum atomic E-state index is -3.52. The monoisotopic (exact) mass is 456 g/mol. The van der Waals surface area contributed by atoms with Crippen LogP contribution in [0.1, 0.15) is 42.6 Å². The third-order valence-corrected chi connectivity index (χ3v) is 6.11. The molecule has 2 aromatic carbocycles. The summed E-state index contributed by atoms with van der Waals surface area (Å²) in [6.45, 7) is 3.97. The molecule has 1 aromatic heterocycles. The van der Waals surface area contributed by atoms with Gasteiger partial charge in [0.2, 0.25) is 21.8 Å². The summed E-state index contributed by atoms with van der Waals surface area (Å²) >= 11 is 0. The second-order valence-electron chi connectivity index (χ2n) is 7.96. The van der Waals surface area contributed by atoms with Crippen molar-refractivity contribution in [2.45, 2.75) is 32.6 Å². The number of anilines is 1. The summed E-state index contributed by atoms with van der Waals surface area (Å²) in [5, 5.41) is 6.74. The zero-order valence-electron chi connectivity index (χ0n) is 18.5. The summed E-state index contributed by atoms with van der Waals surface area (Å²) in [5.74, 6) is 0.989. The molecule has 0 radical (unpaired) electrons. The molecule has 0 aliphatic carbocycles. The van der Waals surface area contributed by atoms with Gasteiger partial charge in [-0.3, -0.25) is 4.79 Å². The van der Waals surface area contributed by atoms with E-state index in [9.17, 15) is 13.2 Å². The van der Waals surface area contributed by atoms with E-state index >= 15 is 0 Å². The number of nitrogens with zero attached hydrogens (tertiary/aromatic N) is 3. The van der Waals surface area contributed by atoms with Crippen LogP contribution in [0.4, 0.5) is 5.69 Å². The number of amides is 1. The predicted octanol–water partition coefficient (Wildman–Crippen LogP) is 3.23. The highest BCUT2D eigenvalue weighted by atomic mass is 32.2. The summed E-state index contributed by atoms with van der Waals surface area (Å²) in [6.07, 6.45) is 2.17. The summed E-state index contributed by atoms with van der Waals surface area (Å²) in [5.41, 5.74) is 2.57. The van der Waals surface area contributed by atoms with E-state index in [0.717, 1.165) is 17.4 Å². The van der Waals surface area contributed by atoms with Gasteiger partial charge in [-0.1, -0.05) is 61.5 Å². The molecular weight excluding hydrogens is 428 g/mol. The number of sulfonamides is 1. The van der Waals surface area contributed by atoms with E-state index in [1.807, 2.05) is 56.3 Å². The van der Waals surface area contributed by atoms with E-state index in [1.54, 1.807) is 12.1 Å². The first-order chi connectivity index (χ1) is 15.2. The maximum absolute atomic E-state index is 12.5. The van der Waals surface area contributed by atoms with Gasteiger partial charge >= 0.3 is 0 Å². The van der Waals surface area contributed by atoms with Crippen LogP contribution in [0.2, 0.25) is 0 Å². The molecule has 8 nitrogen and oxygen atoms in total. The molecule has 32 heavy (non-hydrogen) atoms. The van der Waals surface area contributed by atoms with Crippen molar-refractivity contribution < 1.29 is 17.7 Å². The number of hydrogen-bond acceptors (Lipinski definition) is 6. The fourth-order valence-electron chi connectivity index (χ4n) is 3.08. The van der Waals surface area contributed by atoms with E-state index in [2.05, 4.69) is 15.5 Å². The van der Waals surface area contributed by atoms with Gasteiger partial charge in [0.1, 0.15) is 0 Å². The molecule has 0 saturated heterocycles. The molecule has 1 N–H and O–H groups in total. The van der Waals surface area contributed by atoms with E-state index < -0.39 is 15.9 Å². The fraction of sp³-hybridized carbons (Fsp3) is 0.348. The number of carbonyl (C=O) groups is 1. The number of hydrogen-bond donors (Lipinski definition) is 1. The molecule has 0 fully saturated rings. The second-order valence-corrected chi connectivity index (χ2v) is 9.94. The molecule has 170 valence electrons. The van der Waals surface area contributed by atoms with Crippen LogP contribution in [0.15, 0.2) is 59.1 Å². The van der Waals surface area contributed by atoms with Gasteiger partial charge in [0.15, 0.2) is 5.82 Å². The molecule has 0 saturated carbocycles. The quantitative estimate of drug-likeness (QED) is 0.502. The Kier molecular flexibility index (Phi) is 7.76. The summed E-state index contributed by atoms with van der Waals surface area (Å²) in [6, 6.07) is 16.8. The van der Waals surface area contributed by atoms with Crippen molar-refractivity contribution in [2.75, 3.05) is 24.7 Å². The Morgan fingerprint density at radius 3 is 2.34 bits per heavy atom. The van der Waals surface area contributed by atoms with Crippen LogP contribution in [0.5, 0.6) is 0 Å². The van der Waals surface area contributed by atoms with Crippen molar-refractivity contribution in [3.05, 3.63) is 77.4 Å². The third kappa shape index (κ3) is 7.00. The summed E-state index contributed by atoms with van der Waals surface area (Å²) in [7, 11) is -3.52. The predicted molar refractivity (Wildman–Crippen MR) is 123 cm³/mol. The van der Waals surface area contributed by atoms with Gasteiger partial charge in [-0.2, -0.15) is 9.29 Å². The van der Waals surface area contributed by atoms with Crippen LogP contribution < -0.4 is 5.32 Å². The van der Waals surface area contributed by atoms with E-state index in [4.69, 9.17) is 4.52 Å². The highest BCUT2D eigenvalue weighted by Crippen LogP contribution is 2.15. The topological polar surface area (TPSA) is 105 Å². The largest absolute Gasteiger partial charge is 0.339 e. The molecule has 0 aliphatic heterocycles. The zero-order chi connectivity index (χ0) is 23.1. The molecule has 3 aromatic rings. The first kappa shape index (κ1) is 23.6. The Hall–Kier alpha value is -3.04.